The number of carbonyl (C=O) groups excluding carboxylic acids is 3. The van der Waals surface area contributed by atoms with Crippen LogP contribution >= 0.6 is 0 Å². The minimum absolute atomic E-state index is 0.0508. The first kappa shape index (κ1) is 17.7. The van der Waals surface area contributed by atoms with Crippen LogP contribution in [-0.2, 0) is 19.1 Å². The van der Waals surface area contributed by atoms with E-state index >= 15 is 0 Å². The molecular formula is C15H18FN3O5. The molecule has 3 N–H and O–H groups in total. The quantitative estimate of drug-likeness (QED) is 0.743. The summed E-state index contributed by atoms with van der Waals surface area (Å²) in [4.78, 5) is 36.6. The zero-order valence-corrected chi connectivity index (χ0v) is 13.1. The minimum atomic E-state index is -0.966. The van der Waals surface area contributed by atoms with Crippen LogP contribution in [0.1, 0.15) is 6.92 Å². The summed E-state index contributed by atoms with van der Waals surface area (Å²) in [5.41, 5.74) is 5.19. The van der Waals surface area contributed by atoms with E-state index in [0.717, 1.165) is 11.0 Å². The van der Waals surface area contributed by atoms with Gasteiger partial charge in [0.05, 0.1) is 25.4 Å². The first-order valence-corrected chi connectivity index (χ1v) is 7.36. The van der Waals surface area contributed by atoms with Crippen molar-refractivity contribution in [2.45, 2.75) is 13.0 Å². The number of carbonyl (C=O) groups is 3. The van der Waals surface area contributed by atoms with Crippen molar-refractivity contribution in [3.8, 4) is 5.75 Å². The molecule has 0 aliphatic carbocycles. The number of nitrogens with zero attached hydrogens (tertiary/aromatic N) is 1. The number of ether oxygens (including phenoxy) is 2. The lowest BCUT2D eigenvalue weighted by Gasteiger charge is -2.30. The molecule has 1 saturated heterocycles. The number of hydrogen-bond donors (Lipinski definition) is 2. The van der Waals surface area contributed by atoms with E-state index in [1.54, 1.807) is 6.92 Å². The predicted molar refractivity (Wildman–Crippen MR) is 81.7 cm³/mol. The van der Waals surface area contributed by atoms with E-state index in [-0.39, 0.29) is 31.1 Å². The van der Waals surface area contributed by atoms with Crippen LogP contribution in [0.15, 0.2) is 18.2 Å². The zero-order valence-electron chi connectivity index (χ0n) is 13.1. The maximum absolute atomic E-state index is 13.4. The molecule has 130 valence electrons. The van der Waals surface area contributed by atoms with Crippen LogP contribution in [0.4, 0.5) is 10.1 Å². The molecule has 1 aromatic rings. The summed E-state index contributed by atoms with van der Waals surface area (Å²) in [6.07, 6.45) is -0.955. The molecule has 0 radical (unpaired) electrons. The van der Waals surface area contributed by atoms with E-state index in [1.165, 1.54) is 12.1 Å². The fourth-order valence-electron chi connectivity index (χ4n) is 2.21. The van der Waals surface area contributed by atoms with Gasteiger partial charge in [-0.1, -0.05) is 0 Å². The summed E-state index contributed by atoms with van der Waals surface area (Å²) in [6.45, 7) is 2.18. The van der Waals surface area contributed by atoms with Gasteiger partial charge in [0, 0.05) is 12.6 Å². The number of amides is 3. The van der Waals surface area contributed by atoms with Gasteiger partial charge < -0.3 is 25.4 Å². The van der Waals surface area contributed by atoms with Gasteiger partial charge in [-0.3, -0.25) is 14.4 Å². The van der Waals surface area contributed by atoms with Gasteiger partial charge in [-0.15, -0.1) is 0 Å². The molecule has 2 rings (SSSR count). The Morgan fingerprint density at radius 3 is 2.88 bits per heavy atom. The number of halogens is 1. The number of morpholine rings is 1. The number of hydrogen-bond acceptors (Lipinski definition) is 5. The smallest absolute Gasteiger partial charge is 0.314 e. The topological polar surface area (TPSA) is 111 Å². The van der Waals surface area contributed by atoms with Crippen molar-refractivity contribution in [1.82, 2.24) is 4.90 Å². The Morgan fingerprint density at radius 1 is 1.46 bits per heavy atom. The lowest BCUT2D eigenvalue weighted by Crippen LogP contribution is -2.52. The zero-order chi connectivity index (χ0) is 17.7. The van der Waals surface area contributed by atoms with Gasteiger partial charge in [0.15, 0.2) is 6.10 Å². The molecule has 1 fully saturated rings. The highest BCUT2D eigenvalue weighted by molar-refractivity contribution is 6.39. The Hall–Kier alpha value is -2.68. The monoisotopic (exact) mass is 339 g/mol. The van der Waals surface area contributed by atoms with Crippen LogP contribution in [0.2, 0.25) is 0 Å². The molecular weight excluding hydrogens is 321 g/mol. The normalized spacial score (nSPS) is 17.2. The second-order valence-electron chi connectivity index (χ2n) is 5.04. The Kier molecular flexibility index (Phi) is 5.69. The summed E-state index contributed by atoms with van der Waals surface area (Å²) in [7, 11) is 0. The Morgan fingerprint density at radius 2 is 2.21 bits per heavy atom. The van der Waals surface area contributed by atoms with E-state index < -0.39 is 29.6 Å². The van der Waals surface area contributed by atoms with Crippen molar-refractivity contribution in [3.05, 3.63) is 24.0 Å². The maximum atomic E-state index is 13.4. The van der Waals surface area contributed by atoms with Gasteiger partial charge in [-0.25, -0.2) is 4.39 Å². The van der Waals surface area contributed by atoms with Crippen molar-refractivity contribution >= 4 is 23.4 Å². The lowest BCUT2D eigenvalue weighted by molar-refractivity contribution is -0.151. The van der Waals surface area contributed by atoms with Crippen molar-refractivity contribution in [2.75, 3.05) is 31.6 Å². The van der Waals surface area contributed by atoms with Crippen molar-refractivity contribution in [3.63, 3.8) is 0 Å². The fraction of sp³-hybridized carbons (Fsp3) is 0.400. The number of nitrogens with two attached hydrogens (primary N) is 1. The second-order valence-corrected chi connectivity index (χ2v) is 5.04. The average Bonchev–Trinajstić information content (AvgIpc) is 2.56. The van der Waals surface area contributed by atoms with Gasteiger partial charge in [0.1, 0.15) is 11.6 Å². The van der Waals surface area contributed by atoms with Crippen LogP contribution in [0, 0.1) is 5.82 Å². The Balaban J connectivity index is 2.08. The van der Waals surface area contributed by atoms with Gasteiger partial charge in [-0.05, 0) is 19.1 Å². The minimum Gasteiger partial charge on any atom is -0.492 e. The molecule has 1 atom stereocenters. The fourth-order valence-corrected chi connectivity index (χ4v) is 2.21. The van der Waals surface area contributed by atoms with Crippen LogP contribution in [-0.4, -0.2) is 55.0 Å². The summed E-state index contributed by atoms with van der Waals surface area (Å²) in [6, 6.07) is 3.60. The highest BCUT2D eigenvalue weighted by Crippen LogP contribution is 2.25. The number of primary amides is 1. The molecule has 1 aliphatic heterocycles. The molecule has 0 unspecified atom stereocenters. The SMILES string of the molecule is CCOc1ccc(F)cc1NC(=O)C(=O)N1CCO[C@H](C(N)=O)C1. The van der Waals surface area contributed by atoms with Gasteiger partial charge in [-0.2, -0.15) is 0 Å². The number of rotatable bonds is 4. The average molecular weight is 339 g/mol. The summed E-state index contributed by atoms with van der Waals surface area (Å²) >= 11 is 0. The third-order valence-electron chi connectivity index (χ3n) is 3.35. The number of benzene rings is 1. The molecule has 0 spiro atoms. The van der Waals surface area contributed by atoms with E-state index in [1.807, 2.05) is 0 Å². The molecule has 24 heavy (non-hydrogen) atoms. The molecule has 8 nitrogen and oxygen atoms in total. The molecule has 0 saturated carbocycles. The van der Waals surface area contributed by atoms with Gasteiger partial charge in [0.2, 0.25) is 5.91 Å². The van der Waals surface area contributed by atoms with E-state index in [4.69, 9.17) is 15.2 Å². The molecule has 9 heteroatoms. The Labute approximate surface area is 137 Å². The highest BCUT2D eigenvalue weighted by Gasteiger charge is 2.31. The van der Waals surface area contributed by atoms with Gasteiger partial charge in [0.25, 0.3) is 0 Å². The molecule has 0 bridgehead atoms. The van der Waals surface area contributed by atoms with E-state index in [9.17, 15) is 18.8 Å². The summed E-state index contributed by atoms with van der Waals surface area (Å²) < 4.78 is 23.8. The van der Waals surface area contributed by atoms with Crippen molar-refractivity contribution < 1.29 is 28.2 Å². The van der Waals surface area contributed by atoms with Crippen molar-refractivity contribution in [1.29, 1.82) is 0 Å². The van der Waals surface area contributed by atoms with Crippen LogP contribution < -0.4 is 15.8 Å². The number of anilines is 1. The largest absolute Gasteiger partial charge is 0.492 e. The molecule has 1 heterocycles. The van der Waals surface area contributed by atoms with E-state index in [2.05, 4.69) is 5.32 Å². The first-order chi connectivity index (χ1) is 11.4. The third-order valence-corrected chi connectivity index (χ3v) is 3.35. The van der Waals surface area contributed by atoms with Crippen molar-refractivity contribution in [2.24, 2.45) is 5.73 Å². The maximum Gasteiger partial charge on any atom is 0.314 e. The van der Waals surface area contributed by atoms with Crippen LogP contribution in [0.3, 0.4) is 0 Å². The Bertz CT molecular complexity index is 652. The number of nitrogens with one attached hydrogen (secondary N) is 1. The summed E-state index contributed by atoms with van der Waals surface area (Å²) in [5, 5.41) is 2.33. The van der Waals surface area contributed by atoms with Crippen LogP contribution in [0.5, 0.6) is 5.75 Å². The molecule has 0 aromatic heterocycles. The first-order valence-electron chi connectivity index (χ1n) is 7.36. The second kappa shape index (κ2) is 7.73. The van der Waals surface area contributed by atoms with E-state index in [0.29, 0.717) is 6.61 Å². The van der Waals surface area contributed by atoms with Crippen LogP contribution in [0.25, 0.3) is 0 Å². The summed E-state index contributed by atoms with van der Waals surface area (Å²) in [5.74, 6) is -2.88. The van der Waals surface area contributed by atoms with Gasteiger partial charge >= 0.3 is 11.8 Å². The lowest BCUT2D eigenvalue weighted by atomic mass is 10.2. The highest BCUT2D eigenvalue weighted by atomic mass is 19.1. The molecule has 1 aliphatic rings. The third kappa shape index (κ3) is 4.19. The molecule has 3 amide bonds. The predicted octanol–water partition coefficient (Wildman–Crippen LogP) is -0.124. The molecule has 1 aromatic carbocycles. The standard InChI is InChI=1S/C15H18FN3O5/c1-2-23-11-4-3-9(16)7-10(11)18-14(21)15(22)19-5-6-24-12(8-19)13(17)20/h3-4,7,12H,2,5-6,8H2,1H3,(H2,17,20)(H,18,21)/t12-/m0/s1.